The van der Waals surface area contributed by atoms with E-state index in [4.69, 9.17) is 28.0 Å². The van der Waals surface area contributed by atoms with Crippen molar-refractivity contribution in [3.8, 4) is 0 Å². The van der Waals surface area contributed by atoms with E-state index in [0.717, 1.165) is 0 Å². The first-order valence-electron chi connectivity index (χ1n) is 10.5. The highest BCUT2D eigenvalue weighted by Gasteiger charge is 2.52. The van der Waals surface area contributed by atoms with Gasteiger partial charge in [-0.25, -0.2) is 4.57 Å². The van der Waals surface area contributed by atoms with Crippen molar-refractivity contribution >= 4 is 7.82 Å². The fraction of sp³-hybridized carbons (Fsp3) is 0.900. The number of phosphoric acid groups is 1. The summed E-state index contributed by atoms with van der Waals surface area (Å²) < 4.78 is 46.5. The second kappa shape index (κ2) is 10.4. The van der Waals surface area contributed by atoms with Crippen LogP contribution in [0.3, 0.4) is 0 Å². The smallest absolute Gasteiger partial charge is 0.406 e. The minimum absolute atomic E-state index is 0.0185. The Kier molecular flexibility index (Phi) is 8.93. The summed E-state index contributed by atoms with van der Waals surface area (Å²) in [4.78, 5) is 10.4. The molecule has 0 spiro atoms. The van der Waals surface area contributed by atoms with E-state index in [2.05, 4.69) is 6.58 Å². The van der Waals surface area contributed by atoms with Crippen LogP contribution in [0.15, 0.2) is 12.3 Å². The molecule has 2 N–H and O–H groups in total. The van der Waals surface area contributed by atoms with Crippen LogP contribution in [0, 0.1) is 0 Å². The van der Waals surface area contributed by atoms with Crippen LogP contribution in [0.2, 0.25) is 0 Å². The molecule has 9 nitrogen and oxygen atoms in total. The zero-order chi connectivity index (χ0) is 22.7. The van der Waals surface area contributed by atoms with Crippen LogP contribution in [-0.4, -0.2) is 71.5 Å². The predicted molar refractivity (Wildman–Crippen MR) is 110 cm³/mol. The summed E-state index contributed by atoms with van der Waals surface area (Å²) in [5, 5.41) is 9.97. The molecule has 0 aromatic rings. The van der Waals surface area contributed by atoms with E-state index in [1.165, 1.54) is 0 Å². The summed E-state index contributed by atoms with van der Waals surface area (Å²) in [7, 11) is -4.58. The Morgan fingerprint density at radius 2 is 1.87 bits per heavy atom. The molecule has 2 aliphatic rings. The average molecular weight is 452 g/mol. The zero-order valence-electron chi connectivity index (χ0n) is 18.8. The Morgan fingerprint density at radius 3 is 2.43 bits per heavy atom. The average Bonchev–Trinajstić information content (AvgIpc) is 3.11. The molecule has 2 saturated heterocycles. The quantitative estimate of drug-likeness (QED) is 0.361. The number of rotatable bonds is 11. The van der Waals surface area contributed by atoms with E-state index >= 15 is 0 Å². The molecule has 7 atom stereocenters. The van der Waals surface area contributed by atoms with E-state index < -0.39 is 32.2 Å². The molecule has 2 rings (SSSR count). The Balaban J connectivity index is 2.07. The summed E-state index contributed by atoms with van der Waals surface area (Å²) in [5.74, 6) is -0.0316. The highest BCUT2D eigenvalue weighted by atomic mass is 31.2. The Hall–Kier alpha value is -0.510. The first kappa shape index (κ1) is 25.7. The maximum atomic E-state index is 12.8. The lowest BCUT2D eigenvalue weighted by Gasteiger charge is -2.33. The topological polar surface area (TPSA) is 113 Å². The molecule has 3 unspecified atom stereocenters. The van der Waals surface area contributed by atoms with Crippen molar-refractivity contribution in [2.24, 2.45) is 0 Å². The molecule has 0 amide bonds. The number of ether oxygens (including phenoxy) is 4. The van der Waals surface area contributed by atoms with Crippen molar-refractivity contribution in [1.82, 2.24) is 0 Å². The molecule has 0 aromatic carbocycles. The molecule has 2 aliphatic heterocycles. The fourth-order valence-electron chi connectivity index (χ4n) is 3.79. The Morgan fingerprint density at radius 1 is 1.20 bits per heavy atom. The van der Waals surface area contributed by atoms with Crippen LogP contribution in [0.25, 0.3) is 0 Å². The third-order valence-electron chi connectivity index (χ3n) is 5.04. The fourth-order valence-corrected chi connectivity index (χ4v) is 4.83. The standard InChI is InChI=1S/C20H37O9P/c1-12(2)24-11-20(10-21)18(9-15(6)27-20)29-30(22,23)28-16(7)19-17(25-13(3)4)8-14(5)26-19/h12-15,17-19,21H,7-11H2,1-6H3,(H,22,23)/t14-,15-,17?,18?,19+,20+/m0/s1. The SMILES string of the molecule is C=C(OP(=O)(O)OC1C[C@H](C)O[C@]1(CO)COC(C)C)[C@H]1O[C@@H](C)CC1OC(C)C. The number of aliphatic hydroxyl groups excluding tert-OH is 1. The molecular weight excluding hydrogens is 415 g/mol. The number of phosphoric ester groups is 1. The van der Waals surface area contributed by atoms with Crippen LogP contribution >= 0.6 is 7.82 Å². The second-order valence-corrected chi connectivity index (χ2v) is 10.0. The summed E-state index contributed by atoms with van der Waals surface area (Å²) in [5.41, 5.74) is -1.26. The zero-order valence-corrected chi connectivity index (χ0v) is 19.7. The lowest BCUT2D eigenvalue weighted by atomic mass is 9.98. The molecule has 0 saturated carbocycles. The number of aliphatic hydroxyl groups is 1. The van der Waals surface area contributed by atoms with Gasteiger partial charge in [-0.15, -0.1) is 0 Å². The predicted octanol–water partition coefficient (Wildman–Crippen LogP) is 2.94. The lowest BCUT2D eigenvalue weighted by molar-refractivity contribution is -0.151. The molecule has 30 heavy (non-hydrogen) atoms. The molecule has 10 heteroatoms. The molecule has 2 fully saturated rings. The van der Waals surface area contributed by atoms with Crippen LogP contribution in [-0.2, 0) is 32.6 Å². The van der Waals surface area contributed by atoms with Crippen molar-refractivity contribution in [1.29, 1.82) is 0 Å². The van der Waals surface area contributed by atoms with E-state index in [0.29, 0.717) is 12.8 Å². The van der Waals surface area contributed by atoms with Crippen LogP contribution in [0.4, 0.5) is 0 Å². The minimum atomic E-state index is -4.58. The van der Waals surface area contributed by atoms with Gasteiger partial charge in [-0.3, -0.25) is 9.42 Å². The molecular formula is C20H37O9P. The van der Waals surface area contributed by atoms with E-state index in [1.54, 1.807) is 6.92 Å². The van der Waals surface area contributed by atoms with Crippen LogP contribution < -0.4 is 0 Å². The van der Waals surface area contributed by atoms with Gasteiger partial charge >= 0.3 is 7.82 Å². The van der Waals surface area contributed by atoms with Gasteiger partial charge in [-0.05, 0) is 41.5 Å². The lowest BCUT2D eigenvalue weighted by Crippen LogP contribution is -2.49. The van der Waals surface area contributed by atoms with Gasteiger partial charge in [0.25, 0.3) is 0 Å². The summed E-state index contributed by atoms with van der Waals surface area (Å²) >= 11 is 0. The normalized spacial score (nSPS) is 36.4. The second-order valence-electron chi connectivity index (χ2n) is 8.69. The monoisotopic (exact) mass is 452 g/mol. The summed E-state index contributed by atoms with van der Waals surface area (Å²) in [6, 6.07) is 0. The van der Waals surface area contributed by atoms with E-state index in [1.807, 2.05) is 34.6 Å². The van der Waals surface area contributed by atoms with Gasteiger partial charge < -0.3 is 28.6 Å². The van der Waals surface area contributed by atoms with Gasteiger partial charge in [-0.2, -0.15) is 0 Å². The molecule has 0 radical (unpaired) electrons. The molecule has 0 aromatic heterocycles. The van der Waals surface area contributed by atoms with Crippen LogP contribution in [0.5, 0.6) is 0 Å². The summed E-state index contributed by atoms with van der Waals surface area (Å²) in [6.45, 7) is 14.6. The molecule has 2 heterocycles. The minimum Gasteiger partial charge on any atom is -0.406 e. The first-order valence-corrected chi connectivity index (χ1v) is 12.0. The van der Waals surface area contributed by atoms with Crippen molar-refractivity contribution < 1.29 is 42.6 Å². The molecule has 0 bridgehead atoms. The van der Waals surface area contributed by atoms with Gasteiger partial charge in [0.15, 0.2) is 0 Å². The van der Waals surface area contributed by atoms with Crippen molar-refractivity contribution in [2.75, 3.05) is 13.2 Å². The van der Waals surface area contributed by atoms with E-state index in [9.17, 15) is 14.6 Å². The molecule has 0 aliphatic carbocycles. The van der Waals surface area contributed by atoms with Crippen molar-refractivity contribution in [3.05, 3.63) is 12.3 Å². The first-order chi connectivity index (χ1) is 13.9. The Labute approximate surface area is 179 Å². The van der Waals surface area contributed by atoms with Gasteiger partial charge in [0.05, 0.1) is 43.7 Å². The van der Waals surface area contributed by atoms with E-state index in [-0.39, 0.29) is 42.9 Å². The number of hydrogen-bond donors (Lipinski definition) is 2. The maximum absolute atomic E-state index is 12.8. The summed E-state index contributed by atoms with van der Waals surface area (Å²) in [6.07, 6.45) is -1.53. The highest BCUT2D eigenvalue weighted by Crippen LogP contribution is 2.52. The van der Waals surface area contributed by atoms with Gasteiger partial charge in [-0.1, -0.05) is 6.58 Å². The van der Waals surface area contributed by atoms with Crippen LogP contribution in [0.1, 0.15) is 54.4 Å². The van der Waals surface area contributed by atoms with Crippen molar-refractivity contribution in [2.45, 2.75) is 103 Å². The van der Waals surface area contributed by atoms with Gasteiger partial charge in [0.1, 0.15) is 23.6 Å². The Bertz CT molecular complexity index is 625. The van der Waals surface area contributed by atoms with Crippen molar-refractivity contribution in [3.63, 3.8) is 0 Å². The third kappa shape index (κ3) is 6.74. The third-order valence-corrected chi connectivity index (χ3v) is 6.02. The maximum Gasteiger partial charge on any atom is 0.527 e. The van der Waals surface area contributed by atoms with Gasteiger partial charge in [0, 0.05) is 12.8 Å². The molecule has 176 valence electrons. The number of hydrogen-bond acceptors (Lipinski definition) is 8. The highest BCUT2D eigenvalue weighted by molar-refractivity contribution is 7.47. The largest absolute Gasteiger partial charge is 0.527 e. The van der Waals surface area contributed by atoms with Gasteiger partial charge in [0.2, 0.25) is 0 Å².